The Bertz CT molecular complexity index is 858. The fourth-order valence-electron chi connectivity index (χ4n) is 2.48. The molecule has 0 aliphatic carbocycles. The van der Waals surface area contributed by atoms with Gasteiger partial charge in [0, 0.05) is 24.1 Å². The Labute approximate surface area is 150 Å². The van der Waals surface area contributed by atoms with E-state index in [-0.39, 0.29) is 23.1 Å². The number of nitrogens with zero attached hydrogens (tertiary/aromatic N) is 1. The molecule has 3 rings (SSSR count). The first kappa shape index (κ1) is 18.0. The average Bonchev–Trinajstić information content (AvgIpc) is 3.25. The molecule has 1 atom stereocenters. The molecule has 2 N–H and O–H groups in total. The standard InChI is InChI=1S/C16H19N3O4S2/c1-11-10-24-16(18-11)19-15(20)12-4-2-6-14(8-12)25(21,22)17-9-13-5-3-7-23-13/h2,4,6,8,10,13,17H,3,5,7,9H2,1H3,(H,18,19,20). The highest BCUT2D eigenvalue weighted by atomic mass is 32.2. The third-order valence-electron chi connectivity index (χ3n) is 3.77. The quantitative estimate of drug-likeness (QED) is 0.799. The Morgan fingerprint density at radius 2 is 2.28 bits per heavy atom. The molecule has 1 aromatic heterocycles. The topological polar surface area (TPSA) is 97.4 Å². The van der Waals surface area contributed by atoms with Crippen LogP contribution < -0.4 is 10.0 Å². The molecule has 1 aliphatic heterocycles. The lowest BCUT2D eigenvalue weighted by Gasteiger charge is -2.12. The van der Waals surface area contributed by atoms with Crippen molar-refractivity contribution in [1.29, 1.82) is 0 Å². The van der Waals surface area contributed by atoms with Crippen LogP contribution in [0.15, 0.2) is 34.5 Å². The number of nitrogens with one attached hydrogen (secondary N) is 2. The number of hydrogen-bond acceptors (Lipinski definition) is 6. The molecule has 2 aromatic rings. The van der Waals surface area contributed by atoms with Gasteiger partial charge in [0.05, 0.1) is 16.7 Å². The zero-order chi connectivity index (χ0) is 17.9. The number of rotatable bonds is 6. The first-order valence-corrected chi connectivity index (χ1v) is 10.3. The molecule has 9 heteroatoms. The summed E-state index contributed by atoms with van der Waals surface area (Å²) >= 11 is 1.32. The van der Waals surface area contributed by atoms with Gasteiger partial charge in [-0.05, 0) is 38.0 Å². The minimum absolute atomic E-state index is 0.0495. The van der Waals surface area contributed by atoms with Crippen molar-refractivity contribution in [1.82, 2.24) is 9.71 Å². The number of hydrogen-bond donors (Lipinski definition) is 2. The molecule has 0 bridgehead atoms. The normalized spacial score (nSPS) is 17.6. The lowest BCUT2D eigenvalue weighted by molar-refractivity contribution is 0.102. The lowest BCUT2D eigenvalue weighted by Crippen LogP contribution is -2.32. The van der Waals surface area contributed by atoms with Gasteiger partial charge in [0.15, 0.2) is 5.13 Å². The van der Waals surface area contributed by atoms with Crippen LogP contribution in [0.25, 0.3) is 0 Å². The van der Waals surface area contributed by atoms with Gasteiger partial charge in [0.2, 0.25) is 10.0 Å². The Hall–Kier alpha value is -1.81. The van der Waals surface area contributed by atoms with E-state index in [2.05, 4.69) is 15.0 Å². The molecule has 1 amide bonds. The molecule has 1 aliphatic rings. The summed E-state index contributed by atoms with van der Waals surface area (Å²) in [5, 5.41) is 4.97. The van der Waals surface area contributed by atoms with Crippen LogP contribution >= 0.6 is 11.3 Å². The van der Waals surface area contributed by atoms with Gasteiger partial charge in [-0.15, -0.1) is 11.3 Å². The molecule has 7 nitrogen and oxygen atoms in total. The van der Waals surface area contributed by atoms with E-state index >= 15 is 0 Å². The SMILES string of the molecule is Cc1csc(NC(=O)c2cccc(S(=O)(=O)NCC3CCCO3)c2)n1. The molecular weight excluding hydrogens is 362 g/mol. The number of anilines is 1. The summed E-state index contributed by atoms with van der Waals surface area (Å²) in [6.45, 7) is 2.73. The molecule has 1 fully saturated rings. The number of benzene rings is 1. The molecule has 0 spiro atoms. The van der Waals surface area contributed by atoms with E-state index in [4.69, 9.17) is 4.74 Å². The number of carbonyl (C=O) groups is 1. The molecule has 1 unspecified atom stereocenters. The number of amides is 1. The van der Waals surface area contributed by atoms with Crippen molar-refractivity contribution in [2.24, 2.45) is 0 Å². The molecule has 1 aromatic carbocycles. The summed E-state index contributed by atoms with van der Waals surface area (Å²) in [7, 11) is -3.70. The molecule has 2 heterocycles. The van der Waals surface area contributed by atoms with Crippen molar-refractivity contribution in [3.8, 4) is 0 Å². The van der Waals surface area contributed by atoms with E-state index < -0.39 is 15.9 Å². The van der Waals surface area contributed by atoms with Gasteiger partial charge in [0.25, 0.3) is 5.91 Å². The largest absolute Gasteiger partial charge is 0.377 e. The summed E-state index contributed by atoms with van der Waals surface area (Å²) in [4.78, 5) is 16.5. The van der Waals surface area contributed by atoms with Gasteiger partial charge < -0.3 is 4.74 Å². The highest BCUT2D eigenvalue weighted by Crippen LogP contribution is 2.18. The fraction of sp³-hybridized carbons (Fsp3) is 0.375. The second-order valence-electron chi connectivity index (χ2n) is 5.76. The predicted octanol–water partition coefficient (Wildman–Crippen LogP) is 2.16. The summed E-state index contributed by atoms with van der Waals surface area (Å²) < 4.78 is 32.8. The second-order valence-corrected chi connectivity index (χ2v) is 8.39. The van der Waals surface area contributed by atoms with Crippen LogP contribution in [0.2, 0.25) is 0 Å². The maximum Gasteiger partial charge on any atom is 0.257 e. The zero-order valence-electron chi connectivity index (χ0n) is 13.7. The summed E-state index contributed by atoms with van der Waals surface area (Å²) in [5.41, 5.74) is 1.07. The maximum atomic E-state index is 12.4. The van der Waals surface area contributed by atoms with E-state index in [1.165, 1.54) is 23.5 Å². The van der Waals surface area contributed by atoms with Gasteiger partial charge in [-0.1, -0.05) is 6.07 Å². The summed E-state index contributed by atoms with van der Waals surface area (Å²) in [6, 6.07) is 5.92. The lowest BCUT2D eigenvalue weighted by atomic mass is 10.2. The van der Waals surface area contributed by atoms with Gasteiger partial charge in [0.1, 0.15) is 0 Å². The van der Waals surface area contributed by atoms with Crippen LogP contribution in [0.1, 0.15) is 28.9 Å². The Morgan fingerprint density at radius 1 is 1.44 bits per heavy atom. The van der Waals surface area contributed by atoms with Gasteiger partial charge in [-0.3, -0.25) is 10.1 Å². The summed E-state index contributed by atoms with van der Waals surface area (Å²) in [5.74, 6) is -0.398. The van der Waals surface area contributed by atoms with E-state index in [0.717, 1.165) is 18.5 Å². The molecule has 0 saturated carbocycles. The van der Waals surface area contributed by atoms with Crippen LogP contribution in [0, 0.1) is 6.92 Å². The summed E-state index contributed by atoms with van der Waals surface area (Å²) in [6.07, 6.45) is 1.70. The monoisotopic (exact) mass is 381 g/mol. The maximum absolute atomic E-state index is 12.4. The van der Waals surface area contributed by atoms with Gasteiger partial charge >= 0.3 is 0 Å². The number of ether oxygens (including phenoxy) is 1. The molecule has 1 saturated heterocycles. The van der Waals surface area contributed by atoms with Crippen molar-refractivity contribution in [3.63, 3.8) is 0 Å². The van der Waals surface area contributed by atoms with Crippen LogP contribution in [0.3, 0.4) is 0 Å². The Morgan fingerprint density at radius 3 is 2.96 bits per heavy atom. The third kappa shape index (κ3) is 4.63. The first-order chi connectivity index (χ1) is 11.9. The van der Waals surface area contributed by atoms with Gasteiger partial charge in [-0.25, -0.2) is 18.1 Å². The highest BCUT2D eigenvalue weighted by Gasteiger charge is 2.21. The first-order valence-electron chi connectivity index (χ1n) is 7.89. The van der Waals surface area contributed by atoms with Crippen molar-refractivity contribution in [2.75, 3.05) is 18.5 Å². The van der Waals surface area contributed by atoms with Crippen LogP contribution in [-0.4, -0.2) is 38.6 Å². The zero-order valence-corrected chi connectivity index (χ0v) is 15.3. The minimum Gasteiger partial charge on any atom is -0.377 e. The smallest absolute Gasteiger partial charge is 0.257 e. The molecular formula is C16H19N3O4S2. The minimum atomic E-state index is -3.70. The molecule has 0 radical (unpaired) electrons. The van der Waals surface area contributed by atoms with E-state index in [1.54, 1.807) is 12.1 Å². The number of sulfonamides is 1. The number of carbonyl (C=O) groups excluding carboxylic acids is 1. The van der Waals surface area contributed by atoms with Crippen molar-refractivity contribution >= 4 is 32.4 Å². The Kier molecular flexibility index (Phi) is 5.48. The second kappa shape index (κ2) is 7.61. The van der Waals surface area contributed by atoms with Crippen molar-refractivity contribution < 1.29 is 17.9 Å². The predicted molar refractivity (Wildman–Crippen MR) is 95.4 cm³/mol. The van der Waals surface area contributed by atoms with Crippen molar-refractivity contribution in [3.05, 3.63) is 40.9 Å². The van der Waals surface area contributed by atoms with E-state index in [1.807, 2.05) is 12.3 Å². The highest BCUT2D eigenvalue weighted by molar-refractivity contribution is 7.89. The van der Waals surface area contributed by atoms with Crippen LogP contribution in [0.4, 0.5) is 5.13 Å². The number of aromatic nitrogens is 1. The number of aryl methyl sites for hydroxylation is 1. The van der Waals surface area contributed by atoms with E-state index in [0.29, 0.717) is 11.7 Å². The Balaban J connectivity index is 1.70. The number of thiazole rings is 1. The van der Waals surface area contributed by atoms with Crippen LogP contribution in [-0.2, 0) is 14.8 Å². The molecule has 134 valence electrons. The molecule has 25 heavy (non-hydrogen) atoms. The van der Waals surface area contributed by atoms with Crippen LogP contribution in [0.5, 0.6) is 0 Å². The van der Waals surface area contributed by atoms with Crippen molar-refractivity contribution in [2.45, 2.75) is 30.8 Å². The fourth-order valence-corrected chi connectivity index (χ4v) is 4.27. The van der Waals surface area contributed by atoms with Gasteiger partial charge in [-0.2, -0.15) is 0 Å². The van der Waals surface area contributed by atoms with E-state index in [9.17, 15) is 13.2 Å². The third-order valence-corrected chi connectivity index (χ3v) is 6.07. The average molecular weight is 381 g/mol.